The molecule has 0 saturated carbocycles. The molecule has 2 heteroatoms. The van der Waals surface area contributed by atoms with Crippen LogP contribution in [0.4, 0.5) is 0 Å². The molecular formula is C16H23NO. The first-order chi connectivity index (χ1) is 8.67. The number of ether oxygens (including phenoxy) is 1. The highest BCUT2D eigenvalue weighted by atomic mass is 16.5. The Morgan fingerprint density at radius 2 is 2.28 bits per heavy atom. The molecule has 1 aromatic rings. The van der Waals surface area contributed by atoms with E-state index in [-0.39, 0.29) is 11.5 Å². The second-order valence-corrected chi connectivity index (χ2v) is 5.39. The molecule has 2 rings (SSSR count). The van der Waals surface area contributed by atoms with Crippen LogP contribution in [-0.4, -0.2) is 19.2 Å². The van der Waals surface area contributed by atoms with Crippen molar-refractivity contribution < 1.29 is 4.74 Å². The van der Waals surface area contributed by atoms with Gasteiger partial charge in [0.1, 0.15) is 11.9 Å². The number of para-hydroxylation sites is 1. The summed E-state index contributed by atoms with van der Waals surface area (Å²) in [5, 5.41) is 3.41. The van der Waals surface area contributed by atoms with E-state index < -0.39 is 0 Å². The molecule has 98 valence electrons. The molecule has 1 aliphatic rings. The van der Waals surface area contributed by atoms with Crippen molar-refractivity contribution in [1.29, 1.82) is 0 Å². The number of benzene rings is 1. The van der Waals surface area contributed by atoms with E-state index in [1.54, 1.807) is 0 Å². The predicted molar refractivity (Wildman–Crippen MR) is 76.0 cm³/mol. The molecular weight excluding hydrogens is 222 g/mol. The Hall–Kier alpha value is -1.28. The van der Waals surface area contributed by atoms with Gasteiger partial charge in [-0.15, -0.1) is 6.58 Å². The zero-order valence-corrected chi connectivity index (χ0v) is 11.4. The summed E-state index contributed by atoms with van der Waals surface area (Å²) in [6.45, 7) is 10.3. The Labute approximate surface area is 110 Å². The van der Waals surface area contributed by atoms with Gasteiger partial charge in [-0.2, -0.15) is 0 Å². The molecule has 0 aliphatic carbocycles. The Bertz CT molecular complexity index is 390. The average molecular weight is 245 g/mol. The van der Waals surface area contributed by atoms with Gasteiger partial charge < -0.3 is 10.1 Å². The summed E-state index contributed by atoms with van der Waals surface area (Å²) in [4.78, 5) is 0. The molecule has 0 radical (unpaired) electrons. The smallest absolute Gasteiger partial charge is 0.123 e. The van der Waals surface area contributed by atoms with Gasteiger partial charge in [-0.1, -0.05) is 38.1 Å². The Morgan fingerprint density at radius 3 is 2.94 bits per heavy atom. The lowest BCUT2D eigenvalue weighted by Crippen LogP contribution is -2.34. The fourth-order valence-electron chi connectivity index (χ4n) is 2.53. The molecule has 0 saturated heterocycles. The molecule has 1 aromatic carbocycles. The van der Waals surface area contributed by atoms with E-state index in [0.717, 1.165) is 31.7 Å². The molecule has 1 heterocycles. The molecule has 0 aromatic heterocycles. The molecule has 18 heavy (non-hydrogen) atoms. The molecule has 2 atom stereocenters. The van der Waals surface area contributed by atoms with Crippen molar-refractivity contribution in [2.75, 3.05) is 13.1 Å². The highest BCUT2D eigenvalue weighted by Gasteiger charge is 2.30. The van der Waals surface area contributed by atoms with Crippen LogP contribution in [0.15, 0.2) is 36.9 Å². The van der Waals surface area contributed by atoms with Gasteiger partial charge in [0.25, 0.3) is 0 Å². The summed E-state index contributed by atoms with van der Waals surface area (Å²) in [5.41, 5.74) is 1.43. The molecule has 1 N–H and O–H groups in total. The van der Waals surface area contributed by atoms with Crippen molar-refractivity contribution in [3.05, 3.63) is 42.5 Å². The van der Waals surface area contributed by atoms with Crippen LogP contribution in [0.25, 0.3) is 0 Å². The normalized spacial score (nSPS) is 20.9. The Kier molecular flexibility index (Phi) is 4.07. The number of fused-ring (bicyclic) bond motifs is 1. The lowest BCUT2D eigenvalue weighted by atomic mass is 9.83. The number of rotatable bonds is 6. The van der Waals surface area contributed by atoms with Crippen LogP contribution in [0.1, 0.15) is 25.8 Å². The summed E-state index contributed by atoms with van der Waals surface area (Å²) in [6, 6.07) is 8.33. The minimum atomic E-state index is 0.0999. The summed E-state index contributed by atoms with van der Waals surface area (Å²) >= 11 is 0. The van der Waals surface area contributed by atoms with E-state index in [9.17, 15) is 0 Å². The van der Waals surface area contributed by atoms with E-state index >= 15 is 0 Å². The van der Waals surface area contributed by atoms with Gasteiger partial charge in [0, 0.05) is 18.4 Å². The van der Waals surface area contributed by atoms with E-state index in [1.165, 1.54) is 5.56 Å². The third kappa shape index (κ3) is 2.94. The van der Waals surface area contributed by atoms with Gasteiger partial charge in [0.2, 0.25) is 0 Å². The van der Waals surface area contributed by atoms with Crippen molar-refractivity contribution in [2.45, 2.75) is 32.8 Å². The van der Waals surface area contributed by atoms with Crippen LogP contribution in [0, 0.1) is 5.41 Å². The van der Waals surface area contributed by atoms with Gasteiger partial charge in [-0.25, -0.2) is 0 Å². The van der Waals surface area contributed by atoms with Gasteiger partial charge >= 0.3 is 0 Å². The molecule has 0 fully saturated rings. The topological polar surface area (TPSA) is 21.3 Å². The monoisotopic (exact) mass is 245 g/mol. The van der Waals surface area contributed by atoms with E-state index in [4.69, 9.17) is 4.74 Å². The summed E-state index contributed by atoms with van der Waals surface area (Å²) in [5.74, 6) is 1.05. The molecule has 2 unspecified atom stereocenters. The van der Waals surface area contributed by atoms with Crippen LogP contribution >= 0.6 is 0 Å². The Balaban J connectivity index is 1.97. The maximum absolute atomic E-state index is 6.01. The average Bonchev–Trinajstić information content (AvgIpc) is 2.78. The third-order valence-corrected chi connectivity index (χ3v) is 3.68. The van der Waals surface area contributed by atoms with Crippen LogP contribution in [0.2, 0.25) is 0 Å². The highest BCUT2D eigenvalue weighted by Crippen LogP contribution is 2.34. The SMILES string of the molecule is C=CC(C)(CNCC)CC1Cc2ccccc2O1. The van der Waals surface area contributed by atoms with Crippen molar-refractivity contribution in [3.63, 3.8) is 0 Å². The standard InChI is InChI=1S/C16H23NO/c1-4-16(3,12-17-5-2)11-14-10-13-8-6-7-9-15(13)18-14/h4,6-9,14,17H,1,5,10-12H2,2-3H3. The van der Waals surface area contributed by atoms with Gasteiger partial charge in [0.15, 0.2) is 0 Å². The summed E-state index contributed by atoms with van der Waals surface area (Å²) < 4.78 is 6.01. The fourth-order valence-corrected chi connectivity index (χ4v) is 2.53. The maximum Gasteiger partial charge on any atom is 0.123 e. The lowest BCUT2D eigenvalue weighted by Gasteiger charge is -2.28. The minimum absolute atomic E-state index is 0.0999. The zero-order chi connectivity index (χ0) is 13.0. The van der Waals surface area contributed by atoms with E-state index in [2.05, 4.69) is 50.0 Å². The third-order valence-electron chi connectivity index (χ3n) is 3.68. The molecule has 1 aliphatic heterocycles. The molecule has 0 amide bonds. The van der Waals surface area contributed by atoms with E-state index in [1.807, 2.05) is 6.07 Å². The second kappa shape index (κ2) is 5.57. The number of hydrogen-bond acceptors (Lipinski definition) is 2. The zero-order valence-electron chi connectivity index (χ0n) is 11.4. The minimum Gasteiger partial charge on any atom is -0.490 e. The predicted octanol–water partition coefficient (Wildman–Crippen LogP) is 3.18. The summed E-state index contributed by atoms with van der Waals surface area (Å²) in [6.07, 6.45) is 4.37. The maximum atomic E-state index is 6.01. The van der Waals surface area contributed by atoms with Crippen LogP contribution in [0.3, 0.4) is 0 Å². The van der Waals surface area contributed by atoms with Crippen LogP contribution in [-0.2, 0) is 6.42 Å². The quantitative estimate of drug-likeness (QED) is 0.777. The molecule has 2 nitrogen and oxygen atoms in total. The largest absolute Gasteiger partial charge is 0.490 e. The first-order valence-corrected chi connectivity index (χ1v) is 6.76. The van der Waals surface area contributed by atoms with E-state index in [0.29, 0.717) is 0 Å². The van der Waals surface area contributed by atoms with Gasteiger partial charge in [0.05, 0.1) is 0 Å². The van der Waals surface area contributed by atoms with Crippen molar-refractivity contribution in [3.8, 4) is 5.75 Å². The second-order valence-electron chi connectivity index (χ2n) is 5.39. The highest BCUT2D eigenvalue weighted by molar-refractivity contribution is 5.37. The van der Waals surface area contributed by atoms with Gasteiger partial charge in [-0.05, 0) is 24.6 Å². The molecule has 0 bridgehead atoms. The fraction of sp³-hybridized carbons (Fsp3) is 0.500. The summed E-state index contributed by atoms with van der Waals surface area (Å²) in [7, 11) is 0. The Morgan fingerprint density at radius 1 is 1.50 bits per heavy atom. The molecule has 0 spiro atoms. The number of hydrogen-bond donors (Lipinski definition) is 1. The lowest BCUT2D eigenvalue weighted by molar-refractivity contribution is 0.170. The number of nitrogens with one attached hydrogen (secondary N) is 1. The van der Waals surface area contributed by atoms with Gasteiger partial charge in [-0.3, -0.25) is 0 Å². The first kappa shape index (κ1) is 13.2. The van der Waals surface area contributed by atoms with Crippen molar-refractivity contribution in [1.82, 2.24) is 5.32 Å². The van der Waals surface area contributed by atoms with Crippen molar-refractivity contribution in [2.24, 2.45) is 5.41 Å². The first-order valence-electron chi connectivity index (χ1n) is 6.76. The van der Waals surface area contributed by atoms with Crippen LogP contribution in [0.5, 0.6) is 5.75 Å². The van der Waals surface area contributed by atoms with Crippen LogP contribution < -0.4 is 10.1 Å². The van der Waals surface area contributed by atoms with Crippen molar-refractivity contribution >= 4 is 0 Å².